The Morgan fingerprint density at radius 1 is 1.35 bits per heavy atom. The van der Waals surface area contributed by atoms with Gasteiger partial charge in [0.05, 0.1) is 25.7 Å². The Kier molecular flexibility index (Phi) is 5.27. The van der Waals surface area contributed by atoms with Gasteiger partial charge in [0.1, 0.15) is 0 Å². The first-order chi connectivity index (χ1) is 11.2. The van der Waals surface area contributed by atoms with Crippen molar-refractivity contribution in [3.63, 3.8) is 0 Å². The number of fused-ring (bicyclic) bond motifs is 1. The molecule has 0 radical (unpaired) electrons. The zero-order valence-electron chi connectivity index (χ0n) is 13.1. The van der Waals surface area contributed by atoms with Crippen LogP contribution in [0.2, 0.25) is 0 Å². The third-order valence-corrected chi connectivity index (χ3v) is 4.13. The Morgan fingerprint density at radius 3 is 2.96 bits per heavy atom. The first-order valence-electron chi connectivity index (χ1n) is 8.02. The molecule has 1 aromatic carbocycles. The summed E-state index contributed by atoms with van der Waals surface area (Å²) >= 11 is 0. The minimum Gasteiger partial charge on any atom is -0.390 e. The smallest absolute Gasteiger partial charge is 0.224 e. The molecule has 6 nitrogen and oxygen atoms in total. The van der Waals surface area contributed by atoms with Crippen molar-refractivity contribution in [3.05, 3.63) is 36.0 Å². The van der Waals surface area contributed by atoms with Gasteiger partial charge in [-0.25, -0.2) is 0 Å². The fraction of sp³-hybridized carbons (Fsp3) is 0.471. The van der Waals surface area contributed by atoms with Gasteiger partial charge in [-0.15, -0.1) is 0 Å². The average Bonchev–Trinajstić information content (AvgIpc) is 2.97. The van der Waals surface area contributed by atoms with Crippen molar-refractivity contribution < 1.29 is 14.6 Å². The summed E-state index contributed by atoms with van der Waals surface area (Å²) in [5.41, 5.74) is 2.00. The summed E-state index contributed by atoms with van der Waals surface area (Å²) in [7, 11) is 0. The molecular weight excluding hydrogens is 294 g/mol. The number of carbonyl (C=O) groups is 1. The molecule has 2 aromatic rings. The fourth-order valence-corrected chi connectivity index (χ4v) is 2.89. The van der Waals surface area contributed by atoms with Gasteiger partial charge in [-0.2, -0.15) is 0 Å². The molecule has 1 unspecified atom stereocenters. The number of β-amino-alcohol motifs (C(OH)–C–C–N with tert-alkyl or cyclic N) is 1. The van der Waals surface area contributed by atoms with Crippen molar-refractivity contribution in [3.8, 4) is 0 Å². The van der Waals surface area contributed by atoms with E-state index in [1.165, 1.54) is 0 Å². The molecule has 2 heterocycles. The van der Waals surface area contributed by atoms with E-state index in [1.54, 1.807) is 0 Å². The number of aromatic amines is 1. The minimum absolute atomic E-state index is 0.0734. The standard InChI is InChI=1S/C17H23N3O3/c21-14(12-20-5-7-23-8-6-20)11-19-17(22)9-13-10-18-16-4-2-1-3-15(13)16/h1-4,10,14,18,21H,5-9,11-12H2,(H,19,22). The monoisotopic (exact) mass is 317 g/mol. The van der Waals surface area contributed by atoms with Gasteiger partial charge in [0.25, 0.3) is 0 Å². The molecule has 3 rings (SSSR count). The second-order valence-corrected chi connectivity index (χ2v) is 5.91. The molecule has 6 heteroatoms. The number of hydrogen-bond acceptors (Lipinski definition) is 4. The van der Waals surface area contributed by atoms with Crippen LogP contribution < -0.4 is 5.32 Å². The summed E-state index contributed by atoms with van der Waals surface area (Å²) in [5, 5.41) is 13.9. The number of nitrogens with one attached hydrogen (secondary N) is 2. The van der Waals surface area contributed by atoms with E-state index in [2.05, 4.69) is 15.2 Å². The molecule has 124 valence electrons. The van der Waals surface area contributed by atoms with Gasteiger partial charge < -0.3 is 20.1 Å². The summed E-state index contributed by atoms with van der Waals surface area (Å²) in [6.07, 6.45) is 1.63. The molecule has 23 heavy (non-hydrogen) atoms. The molecule has 1 aromatic heterocycles. The summed E-state index contributed by atoms with van der Waals surface area (Å²) in [6.45, 7) is 3.93. The van der Waals surface area contributed by atoms with E-state index >= 15 is 0 Å². The van der Waals surface area contributed by atoms with E-state index in [9.17, 15) is 9.90 Å². The van der Waals surface area contributed by atoms with E-state index in [0.29, 0.717) is 26.2 Å². The molecule has 1 saturated heterocycles. The van der Waals surface area contributed by atoms with Crippen LogP contribution >= 0.6 is 0 Å². The molecule has 3 N–H and O–H groups in total. The van der Waals surface area contributed by atoms with Crippen LogP contribution in [0.3, 0.4) is 0 Å². The van der Waals surface area contributed by atoms with Crippen molar-refractivity contribution in [2.75, 3.05) is 39.4 Å². The third kappa shape index (κ3) is 4.31. The van der Waals surface area contributed by atoms with Gasteiger partial charge in [0.2, 0.25) is 5.91 Å². The second kappa shape index (κ2) is 7.59. The Hall–Kier alpha value is -1.89. The van der Waals surface area contributed by atoms with Gasteiger partial charge in [0.15, 0.2) is 0 Å². The normalized spacial score (nSPS) is 17.3. The number of hydrogen-bond donors (Lipinski definition) is 3. The van der Waals surface area contributed by atoms with Gasteiger partial charge in [-0.3, -0.25) is 9.69 Å². The highest BCUT2D eigenvalue weighted by molar-refractivity contribution is 5.88. The zero-order chi connectivity index (χ0) is 16.1. The van der Waals surface area contributed by atoms with Gasteiger partial charge in [-0.1, -0.05) is 18.2 Å². The maximum Gasteiger partial charge on any atom is 0.224 e. The van der Waals surface area contributed by atoms with Crippen molar-refractivity contribution in [2.45, 2.75) is 12.5 Å². The molecule has 1 atom stereocenters. The number of aliphatic hydroxyl groups excluding tert-OH is 1. The molecule has 0 spiro atoms. The van der Waals surface area contributed by atoms with Crippen LogP contribution in [0.5, 0.6) is 0 Å². The predicted octanol–water partition coefficient (Wildman–Crippen LogP) is 0.520. The van der Waals surface area contributed by atoms with Crippen molar-refractivity contribution >= 4 is 16.8 Å². The van der Waals surface area contributed by atoms with Crippen molar-refractivity contribution in [1.29, 1.82) is 0 Å². The number of aliphatic hydroxyl groups is 1. The summed E-state index contributed by atoms with van der Waals surface area (Å²) in [6, 6.07) is 7.92. The molecular formula is C17H23N3O3. The predicted molar refractivity (Wildman–Crippen MR) is 88.3 cm³/mol. The number of benzene rings is 1. The van der Waals surface area contributed by atoms with Crippen molar-refractivity contribution in [1.82, 2.24) is 15.2 Å². The highest BCUT2D eigenvalue weighted by Crippen LogP contribution is 2.17. The molecule has 0 bridgehead atoms. The second-order valence-electron chi connectivity index (χ2n) is 5.91. The van der Waals surface area contributed by atoms with E-state index < -0.39 is 6.10 Å². The molecule has 0 saturated carbocycles. The lowest BCUT2D eigenvalue weighted by Gasteiger charge is -2.28. The van der Waals surface area contributed by atoms with Crippen molar-refractivity contribution in [2.24, 2.45) is 0 Å². The van der Waals surface area contributed by atoms with Gasteiger partial charge in [0, 0.05) is 43.3 Å². The molecule has 0 aliphatic carbocycles. The number of ether oxygens (including phenoxy) is 1. The van der Waals surface area contributed by atoms with Crippen LogP contribution in [0.4, 0.5) is 0 Å². The molecule has 1 aliphatic rings. The Morgan fingerprint density at radius 2 is 2.13 bits per heavy atom. The first-order valence-corrected chi connectivity index (χ1v) is 8.02. The minimum atomic E-state index is -0.556. The highest BCUT2D eigenvalue weighted by atomic mass is 16.5. The van der Waals surface area contributed by atoms with Crippen LogP contribution in [0, 0.1) is 0 Å². The van der Waals surface area contributed by atoms with Crippen LogP contribution in [-0.2, 0) is 16.0 Å². The Balaban J connectivity index is 1.45. The first kappa shape index (κ1) is 16.0. The van der Waals surface area contributed by atoms with Crippen LogP contribution in [0.15, 0.2) is 30.5 Å². The number of rotatable bonds is 6. The van der Waals surface area contributed by atoms with Gasteiger partial charge in [-0.05, 0) is 11.6 Å². The number of nitrogens with zero attached hydrogens (tertiary/aromatic N) is 1. The average molecular weight is 317 g/mol. The summed E-state index contributed by atoms with van der Waals surface area (Å²) in [5.74, 6) is -0.0734. The number of aromatic nitrogens is 1. The number of H-pyrrole nitrogens is 1. The lowest BCUT2D eigenvalue weighted by atomic mass is 10.1. The number of carbonyl (C=O) groups excluding carboxylic acids is 1. The quantitative estimate of drug-likeness (QED) is 0.726. The van der Waals surface area contributed by atoms with Gasteiger partial charge >= 0.3 is 0 Å². The third-order valence-electron chi connectivity index (χ3n) is 4.13. The highest BCUT2D eigenvalue weighted by Gasteiger charge is 2.16. The topological polar surface area (TPSA) is 77.6 Å². The lowest BCUT2D eigenvalue weighted by Crippen LogP contribution is -2.44. The van der Waals surface area contributed by atoms with E-state index in [0.717, 1.165) is 29.6 Å². The maximum atomic E-state index is 12.1. The number of amides is 1. The maximum absolute atomic E-state index is 12.1. The number of morpholine rings is 1. The van der Waals surface area contributed by atoms with E-state index in [4.69, 9.17) is 4.74 Å². The summed E-state index contributed by atoms with van der Waals surface area (Å²) in [4.78, 5) is 17.4. The molecule has 1 fully saturated rings. The van der Waals surface area contributed by atoms with E-state index in [1.807, 2.05) is 30.5 Å². The largest absolute Gasteiger partial charge is 0.390 e. The molecule has 1 aliphatic heterocycles. The Bertz CT molecular complexity index is 649. The van der Waals surface area contributed by atoms with E-state index in [-0.39, 0.29) is 12.5 Å². The number of para-hydroxylation sites is 1. The van der Waals surface area contributed by atoms with Crippen LogP contribution in [-0.4, -0.2) is 66.4 Å². The fourth-order valence-electron chi connectivity index (χ4n) is 2.89. The molecule has 1 amide bonds. The Labute approximate surface area is 135 Å². The lowest BCUT2D eigenvalue weighted by molar-refractivity contribution is -0.121. The summed E-state index contributed by atoms with van der Waals surface area (Å²) < 4.78 is 5.28. The SMILES string of the molecule is O=C(Cc1c[nH]c2ccccc12)NCC(O)CN1CCOCC1. The van der Waals surface area contributed by atoms with Crippen LogP contribution in [0.1, 0.15) is 5.56 Å². The zero-order valence-corrected chi connectivity index (χ0v) is 13.1. The van der Waals surface area contributed by atoms with Crippen LogP contribution in [0.25, 0.3) is 10.9 Å².